The first-order chi connectivity index (χ1) is 12.6. The van der Waals surface area contributed by atoms with Crippen LogP contribution in [0.1, 0.15) is 17.3 Å². The summed E-state index contributed by atoms with van der Waals surface area (Å²) in [6.07, 6.45) is 0. The van der Waals surface area contributed by atoms with Gasteiger partial charge in [-0.3, -0.25) is 0 Å². The van der Waals surface area contributed by atoms with Crippen molar-refractivity contribution in [2.24, 2.45) is 0 Å². The molecule has 6 heteroatoms. The Labute approximate surface area is 151 Å². The molecule has 2 heterocycles. The quantitative estimate of drug-likeness (QED) is 0.782. The van der Waals surface area contributed by atoms with Crippen molar-refractivity contribution in [1.82, 2.24) is 9.97 Å². The number of anilines is 1. The second-order valence-corrected chi connectivity index (χ2v) is 6.39. The summed E-state index contributed by atoms with van der Waals surface area (Å²) in [7, 11) is 0. The summed E-state index contributed by atoms with van der Waals surface area (Å²) in [5, 5.41) is 9.26. The van der Waals surface area contributed by atoms with E-state index in [-0.39, 0.29) is 11.6 Å². The van der Waals surface area contributed by atoms with E-state index < -0.39 is 5.97 Å². The van der Waals surface area contributed by atoms with Gasteiger partial charge in [0.2, 0.25) is 0 Å². The van der Waals surface area contributed by atoms with Crippen LogP contribution >= 0.6 is 0 Å². The minimum absolute atomic E-state index is 0.167. The predicted octanol–water partition coefficient (Wildman–Crippen LogP) is 3.22. The van der Waals surface area contributed by atoms with Gasteiger partial charge in [0.05, 0.1) is 35.9 Å². The molecule has 1 aliphatic heterocycles. The largest absolute Gasteiger partial charge is 0.478 e. The van der Waals surface area contributed by atoms with E-state index in [9.17, 15) is 9.90 Å². The molecule has 0 aliphatic carbocycles. The normalized spacial score (nSPS) is 17.4. The molecular weight excluding hydrogens is 330 g/mol. The summed E-state index contributed by atoms with van der Waals surface area (Å²) in [5.74, 6) is -0.204. The van der Waals surface area contributed by atoms with Gasteiger partial charge in [-0.1, -0.05) is 30.3 Å². The summed E-state index contributed by atoms with van der Waals surface area (Å²) in [6, 6.07) is 15.0. The van der Waals surface area contributed by atoms with Gasteiger partial charge in [0.1, 0.15) is 5.69 Å². The topological polar surface area (TPSA) is 75.5 Å². The van der Waals surface area contributed by atoms with E-state index in [0.29, 0.717) is 24.2 Å². The number of carboxylic acids is 1. The van der Waals surface area contributed by atoms with E-state index in [0.717, 1.165) is 23.6 Å². The number of rotatable bonds is 3. The molecule has 1 aliphatic rings. The molecule has 0 amide bonds. The molecule has 0 bridgehead atoms. The molecule has 1 unspecified atom stereocenters. The van der Waals surface area contributed by atoms with Crippen molar-refractivity contribution in [3.8, 4) is 11.3 Å². The zero-order valence-electron chi connectivity index (χ0n) is 14.4. The van der Waals surface area contributed by atoms with Crippen LogP contribution in [0.5, 0.6) is 0 Å². The lowest BCUT2D eigenvalue weighted by Gasteiger charge is -2.35. The minimum Gasteiger partial charge on any atom is -0.478 e. The maximum absolute atomic E-state index is 11.3. The average molecular weight is 349 g/mol. The first-order valence-electron chi connectivity index (χ1n) is 8.58. The molecule has 6 nitrogen and oxygen atoms in total. The number of benzene rings is 2. The van der Waals surface area contributed by atoms with Crippen molar-refractivity contribution in [3.63, 3.8) is 0 Å². The highest BCUT2D eigenvalue weighted by atomic mass is 16.5. The Morgan fingerprint density at radius 2 is 1.96 bits per heavy atom. The molecule has 0 spiro atoms. The second kappa shape index (κ2) is 6.72. The Balaban J connectivity index is 1.93. The van der Waals surface area contributed by atoms with E-state index in [4.69, 9.17) is 14.7 Å². The first-order valence-corrected chi connectivity index (χ1v) is 8.58. The molecule has 132 valence electrons. The van der Waals surface area contributed by atoms with Crippen LogP contribution in [0.25, 0.3) is 22.3 Å². The third-order valence-electron chi connectivity index (χ3n) is 4.58. The van der Waals surface area contributed by atoms with Crippen molar-refractivity contribution in [1.29, 1.82) is 0 Å². The zero-order chi connectivity index (χ0) is 18.1. The Hall–Kier alpha value is -2.99. The molecule has 1 fully saturated rings. The molecule has 1 N–H and O–H groups in total. The van der Waals surface area contributed by atoms with Gasteiger partial charge in [-0.05, 0) is 25.1 Å². The number of carboxylic acid groups (broad SMARTS) is 1. The number of hydrogen-bond donors (Lipinski definition) is 1. The molecule has 0 saturated carbocycles. The third-order valence-corrected chi connectivity index (χ3v) is 4.58. The maximum atomic E-state index is 11.3. The third kappa shape index (κ3) is 2.99. The number of aromatic nitrogens is 2. The zero-order valence-corrected chi connectivity index (χ0v) is 14.4. The van der Waals surface area contributed by atoms with Gasteiger partial charge in [0.25, 0.3) is 0 Å². The Kier molecular flexibility index (Phi) is 4.26. The van der Waals surface area contributed by atoms with Gasteiger partial charge in [-0.15, -0.1) is 0 Å². The van der Waals surface area contributed by atoms with Gasteiger partial charge in [0, 0.05) is 12.1 Å². The fourth-order valence-electron chi connectivity index (χ4n) is 3.21. The monoisotopic (exact) mass is 349 g/mol. The van der Waals surface area contributed by atoms with Crippen LogP contribution < -0.4 is 4.90 Å². The number of fused-ring (bicyclic) bond motifs is 1. The molecule has 0 radical (unpaired) electrons. The highest BCUT2D eigenvalue weighted by molar-refractivity contribution is 5.93. The fourth-order valence-corrected chi connectivity index (χ4v) is 3.21. The van der Waals surface area contributed by atoms with Crippen LogP contribution in [0.2, 0.25) is 0 Å². The van der Waals surface area contributed by atoms with Gasteiger partial charge in [-0.25, -0.2) is 14.8 Å². The molecule has 26 heavy (non-hydrogen) atoms. The lowest BCUT2D eigenvalue weighted by atomic mass is 10.1. The van der Waals surface area contributed by atoms with Crippen molar-refractivity contribution < 1.29 is 14.6 Å². The summed E-state index contributed by atoms with van der Waals surface area (Å²) < 4.78 is 5.55. The van der Waals surface area contributed by atoms with Crippen LogP contribution in [0.3, 0.4) is 0 Å². The predicted molar refractivity (Wildman–Crippen MR) is 99.6 cm³/mol. The van der Waals surface area contributed by atoms with E-state index >= 15 is 0 Å². The highest BCUT2D eigenvalue weighted by Gasteiger charge is 2.25. The Morgan fingerprint density at radius 3 is 2.69 bits per heavy atom. The molecule has 1 saturated heterocycles. The lowest BCUT2D eigenvalue weighted by Crippen LogP contribution is -2.44. The lowest BCUT2D eigenvalue weighted by molar-refractivity contribution is 0.0697. The van der Waals surface area contributed by atoms with E-state index in [2.05, 4.69) is 11.8 Å². The van der Waals surface area contributed by atoms with Crippen LogP contribution in [0.4, 0.5) is 5.82 Å². The van der Waals surface area contributed by atoms with E-state index in [1.807, 2.05) is 30.3 Å². The standard InChI is InChI=1S/C20H19N3O3/c1-13-12-26-10-9-23(13)19-18(14-5-3-2-4-6-14)21-16-8-7-15(20(24)25)11-17(16)22-19/h2-8,11,13H,9-10,12H2,1H3,(H,24,25). The molecular formula is C20H19N3O3. The van der Waals surface area contributed by atoms with Crippen LogP contribution in [-0.2, 0) is 4.74 Å². The smallest absolute Gasteiger partial charge is 0.335 e. The minimum atomic E-state index is -0.970. The number of ether oxygens (including phenoxy) is 1. The molecule has 1 atom stereocenters. The summed E-state index contributed by atoms with van der Waals surface area (Å²) >= 11 is 0. The molecule has 4 rings (SSSR count). The number of hydrogen-bond acceptors (Lipinski definition) is 5. The van der Waals surface area contributed by atoms with Gasteiger partial charge >= 0.3 is 5.97 Å². The van der Waals surface area contributed by atoms with Gasteiger partial charge in [0.15, 0.2) is 5.82 Å². The van der Waals surface area contributed by atoms with Crippen molar-refractivity contribution >= 4 is 22.8 Å². The first kappa shape index (κ1) is 16.5. The fraction of sp³-hybridized carbons (Fsp3) is 0.250. The van der Waals surface area contributed by atoms with Crippen molar-refractivity contribution in [2.45, 2.75) is 13.0 Å². The molecule has 3 aromatic rings. The average Bonchev–Trinajstić information content (AvgIpc) is 2.67. The number of nitrogens with zero attached hydrogens (tertiary/aromatic N) is 3. The summed E-state index contributed by atoms with van der Waals surface area (Å²) in [4.78, 5) is 23.1. The Bertz CT molecular complexity index is 959. The van der Waals surface area contributed by atoms with Crippen LogP contribution in [-0.4, -0.2) is 46.8 Å². The molecule has 2 aromatic carbocycles. The van der Waals surface area contributed by atoms with Gasteiger partial charge < -0.3 is 14.7 Å². The van der Waals surface area contributed by atoms with Gasteiger partial charge in [-0.2, -0.15) is 0 Å². The second-order valence-electron chi connectivity index (χ2n) is 6.39. The van der Waals surface area contributed by atoms with Crippen LogP contribution in [0, 0.1) is 0 Å². The SMILES string of the molecule is CC1COCCN1c1nc2cc(C(=O)O)ccc2nc1-c1ccccc1. The molecule has 1 aromatic heterocycles. The summed E-state index contributed by atoms with van der Waals surface area (Å²) in [6.45, 7) is 4.07. The number of carbonyl (C=O) groups is 1. The maximum Gasteiger partial charge on any atom is 0.335 e. The van der Waals surface area contributed by atoms with E-state index in [1.165, 1.54) is 0 Å². The highest BCUT2D eigenvalue weighted by Crippen LogP contribution is 2.31. The van der Waals surface area contributed by atoms with Crippen molar-refractivity contribution in [2.75, 3.05) is 24.7 Å². The summed E-state index contributed by atoms with van der Waals surface area (Å²) in [5.41, 5.74) is 3.25. The number of morpholine rings is 1. The van der Waals surface area contributed by atoms with Crippen LogP contribution in [0.15, 0.2) is 48.5 Å². The van der Waals surface area contributed by atoms with Crippen molar-refractivity contribution in [3.05, 3.63) is 54.1 Å². The van der Waals surface area contributed by atoms with E-state index in [1.54, 1.807) is 18.2 Å². The number of aromatic carboxylic acids is 1. The Morgan fingerprint density at radius 1 is 1.15 bits per heavy atom.